The largest absolute Gasteiger partial charge is 0.251 e. The molecule has 240 valence electrons. The Bertz CT molecular complexity index is 2610. The van der Waals surface area contributed by atoms with Gasteiger partial charge in [-0.3, -0.25) is 4.98 Å². The predicted octanol–water partition coefficient (Wildman–Crippen LogP) is 11.9. The van der Waals surface area contributed by atoms with Crippen LogP contribution >= 0.6 is 0 Å². The first kappa shape index (κ1) is 30.3. The molecule has 0 bridgehead atoms. The fourth-order valence-electron chi connectivity index (χ4n) is 6.73. The normalized spacial score (nSPS) is 11.2. The molecule has 3 heterocycles. The minimum absolute atomic E-state index is 0.696. The van der Waals surface area contributed by atoms with Gasteiger partial charge in [-0.1, -0.05) is 152 Å². The molecule has 0 aliphatic heterocycles. The molecule has 0 saturated carbocycles. The molecule has 6 aromatic carbocycles. The third kappa shape index (κ3) is 5.94. The number of nitrogens with zero attached hydrogens (tertiary/aromatic N) is 4. The summed E-state index contributed by atoms with van der Waals surface area (Å²) in [6.45, 7) is 2.03. The number of rotatable bonds is 6. The Kier molecular flexibility index (Phi) is 7.67. The molecule has 3 aromatic heterocycles. The van der Waals surface area contributed by atoms with Gasteiger partial charge >= 0.3 is 0 Å². The minimum atomic E-state index is 0.696. The van der Waals surface area contributed by atoms with Gasteiger partial charge in [-0.25, -0.2) is 15.0 Å². The molecule has 0 saturated heterocycles. The second-order valence-electron chi connectivity index (χ2n) is 12.8. The maximum atomic E-state index is 5.18. The first-order valence-corrected chi connectivity index (χ1v) is 17.1. The zero-order chi connectivity index (χ0) is 34.1. The van der Waals surface area contributed by atoms with Crippen molar-refractivity contribution in [3.8, 4) is 67.4 Å². The van der Waals surface area contributed by atoms with E-state index in [1.165, 1.54) is 0 Å². The van der Waals surface area contributed by atoms with E-state index in [4.69, 9.17) is 19.9 Å². The van der Waals surface area contributed by atoms with E-state index in [0.717, 1.165) is 89.1 Å². The summed E-state index contributed by atoms with van der Waals surface area (Å²) in [4.78, 5) is 20.2. The van der Waals surface area contributed by atoms with Crippen molar-refractivity contribution in [3.63, 3.8) is 0 Å². The van der Waals surface area contributed by atoms with Crippen LogP contribution in [0.5, 0.6) is 0 Å². The number of aromatic nitrogens is 4. The molecule has 9 rings (SSSR count). The zero-order valence-corrected chi connectivity index (χ0v) is 28.0. The van der Waals surface area contributed by atoms with E-state index in [0.29, 0.717) is 5.82 Å². The molecule has 0 radical (unpaired) electrons. The SMILES string of the molecule is Cc1ccc2ccc3c(-c4ccc(-c5cccc(-c6nc(-c7ccccc7)cc(-c7ccccc7)n6)c5)cc4)cc(-c4ccccc4)nc3c2n1. The molecule has 0 atom stereocenters. The summed E-state index contributed by atoms with van der Waals surface area (Å²) in [5.41, 5.74) is 14.2. The maximum Gasteiger partial charge on any atom is 0.160 e. The van der Waals surface area contributed by atoms with Crippen LogP contribution in [0.4, 0.5) is 0 Å². The molecule has 0 amide bonds. The Balaban J connectivity index is 1.13. The molecular formula is C47H32N4. The number of benzene rings is 6. The van der Waals surface area contributed by atoms with Gasteiger partial charge in [0.15, 0.2) is 5.82 Å². The van der Waals surface area contributed by atoms with Gasteiger partial charge in [-0.05, 0) is 53.4 Å². The van der Waals surface area contributed by atoms with Gasteiger partial charge in [-0.15, -0.1) is 0 Å². The van der Waals surface area contributed by atoms with Crippen molar-refractivity contribution in [2.45, 2.75) is 6.92 Å². The number of aryl methyl sites for hydroxylation is 1. The lowest BCUT2D eigenvalue weighted by atomic mass is 9.95. The molecular weight excluding hydrogens is 621 g/mol. The Morgan fingerprint density at radius 3 is 1.49 bits per heavy atom. The van der Waals surface area contributed by atoms with Crippen LogP contribution in [0.2, 0.25) is 0 Å². The molecule has 4 heteroatoms. The summed E-state index contributed by atoms with van der Waals surface area (Å²) in [6.07, 6.45) is 0. The zero-order valence-electron chi connectivity index (χ0n) is 28.0. The Labute approximate surface area is 296 Å². The molecule has 0 fully saturated rings. The lowest BCUT2D eigenvalue weighted by Gasteiger charge is -2.13. The van der Waals surface area contributed by atoms with Crippen molar-refractivity contribution in [3.05, 3.63) is 182 Å². The smallest absolute Gasteiger partial charge is 0.160 e. The van der Waals surface area contributed by atoms with E-state index in [1.807, 2.05) is 49.4 Å². The summed E-state index contributed by atoms with van der Waals surface area (Å²) in [7, 11) is 0. The van der Waals surface area contributed by atoms with Gasteiger partial charge < -0.3 is 0 Å². The Hall–Kier alpha value is -6.78. The molecule has 4 nitrogen and oxygen atoms in total. The fraction of sp³-hybridized carbons (Fsp3) is 0.0213. The number of hydrogen-bond donors (Lipinski definition) is 0. The highest BCUT2D eigenvalue weighted by molar-refractivity contribution is 6.09. The van der Waals surface area contributed by atoms with E-state index >= 15 is 0 Å². The van der Waals surface area contributed by atoms with E-state index in [1.54, 1.807) is 0 Å². The van der Waals surface area contributed by atoms with Gasteiger partial charge in [0.25, 0.3) is 0 Å². The highest BCUT2D eigenvalue weighted by Crippen LogP contribution is 2.37. The number of hydrogen-bond acceptors (Lipinski definition) is 4. The quantitative estimate of drug-likeness (QED) is 0.168. The van der Waals surface area contributed by atoms with E-state index in [-0.39, 0.29) is 0 Å². The summed E-state index contributed by atoms with van der Waals surface area (Å²) in [5.74, 6) is 0.696. The highest BCUT2D eigenvalue weighted by atomic mass is 14.9. The van der Waals surface area contributed by atoms with E-state index in [9.17, 15) is 0 Å². The standard InChI is InChI=1S/C47H32N4/c1-31-20-21-37-26-27-40-41(29-42(34-12-5-2-6-13-34)49-46(40)45(37)48-31)33-24-22-32(23-25-33)38-18-11-19-39(28-38)47-50-43(35-14-7-3-8-15-35)30-44(51-47)36-16-9-4-10-17-36/h2-30H,1H3. The predicted molar refractivity (Wildman–Crippen MR) is 210 cm³/mol. The van der Waals surface area contributed by atoms with Gasteiger partial charge in [0.2, 0.25) is 0 Å². The van der Waals surface area contributed by atoms with Gasteiger partial charge in [0.1, 0.15) is 0 Å². The van der Waals surface area contributed by atoms with Gasteiger partial charge in [0.05, 0.1) is 28.1 Å². The second kappa shape index (κ2) is 12.9. The van der Waals surface area contributed by atoms with Crippen molar-refractivity contribution in [1.82, 2.24) is 19.9 Å². The monoisotopic (exact) mass is 652 g/mol. The molecule has 0 unspecified atom stereocenters. The fourth-order valence-corrected chi connectivity index (χ4v) is 6.73. The van der Waals surface area contributed by atoms with Crippen LogP contribution in [0.1, 0.15) is 5.69 Å². The maximum absolute atomic E-state index is 5.18. The van der Waals surface area contributed by atoms with Crippen molar-refractivity contribution in [1.29, 1.82) is 0 Å². The topological polar surface area (TPSA) is 51.6 Å². The molecule has 0 aliphatic carbocycles. The molecule has 0 N–H and O–H groups in total. The van der Waals surface area contributed by atoms with Crippen LogP contribution in [-0.4, -0.2) is 19.9 Å². The highest BCUT2D eigenvalue weighted by Gasteiger charge is 2.15. The average molecular weight is 653 g/mol. The molecule has 51 heavy (non-hydrogen) atoms. The lowest BCUT2D eigenvalue weighted by Crippen LogP contribution is -1.96. The third-order valence-corrected chi connectivity index (χ3v) is 9.36. The van der Waals surface area contributed by atoms with Crippen LogP contribution in [0.25, 0.3) is 89.2 Å². The Morgan fingerprint density at radius 1 is 0.333 bits per heavy atom. The second-order valence-corrected chi connectivity index (χ2v) is 12.8. The van der Waals surface area contributed by atoms with Crippen LogP contribution in [0.15, 0.2) is 176 Å². The van der Waals surface area contributed by atoms with Crippen molar-refractivity contribution >= 4 is 21.8 Å². The molecule has 9 aromatic rings. The van der Waals surface area contributed by atoms with Crippen LogP contribution in [-0.2, 0) is 0 Å². The summed E-state index contributed by atoms with van der Waals surface area (Å²) < 4.78 is 0. The summed E-state index contributed by atoms with van der Waals surface area (Å²) in [5, 5.41) is 2.17. The first-order valence-electron chi connectivity index (χ1n) is 17.1. The van der Waals surface area contributed by atoms with Crippen LogP contribution in [0.3, 0.4) is 0 Å². The molecule has 0 aliphatic rings. The van der Waals surface area contributed by atoms with Crippen LogP contribution < -0.4 is 0 Å². The molecule has 0 spiro atoms. The number of fused-ring (bicyclic) bond motifs is 3. The summed E-state index contributed by atoms with van der Waals surface area (Å²) >= 11 is 0. The first-order chi connectivity index (χ1) is 25.2. The minimum Gasteiger partial charge on any atom is -0.251 e. The summed E-state index contributed by atoms with van der Waals surface area (Å²) in [6, 6.07) is 61.1. The van der Waals surface area contributed by atoms with E-state index in [2.05, 4.69) is 133 Å². The number of pyridine rings is 2. The third-order valence-electron chi connectivity index (χ3n) is 9.36. The Morgan fingerprint density at radius 2 is 0.863 bits per heavy atom. The van der Waals surface area contributed by atoms with Gasteiger partial charge in [0, 0.05) is 38.7 Å². The van der Waals surface area contributed by atoms with Crippen molar-refractivity contribution < 1.29 is 0 Å². The van der Waals surface area contributed by atoms with Crippen molar-refractivity contribution in [2.75, 3.05) is 0 Å². The van der Waals surface area contributed by atoms with Crippen LogP contribution in [0, 0.1) is 6.92 Å². The average Bonchev–Trinajstić information content (AvgIpc) is 3.21. The van der Waals surface area contributed by atoms with Gasteiger partial charge in [-0.2, -0.15) is 0 Å². The lowest BCUT2D eigenvalue weighted by molar-refractivity contribution is 1.18. The van der Waals surface area contributed by atoms with E-state index < -0.39 is 0 Å². The van der Waals surface area contributed by atoms with Crippen molar-refractivity contribution in [2.24, 2.45) is 0 Å².